The van der Waals surface area contributed by atoms with Crippen molar-refractivity contribution in [1.82, 2.24) is 9.79 Å². The van der Waals surface area contributed by atoms with Gasteiger partial charge in [0.15, 0.2) is 0 Å². The highest BCUT2D eigenvalue weighted by molar-refractivity contribution is 7.90. The number of hydrogen-bond acceptors (Lipinski definition) is 4. The SMILES string of the molecule is C=CCNS(=O)(=O)[C@@H]1CON(C)[C@@H]1c1ccc(C(C)(C)C)cc1. The van der Waals surface area contributed by atoms with Crippen LogP contribution in [-0.4, -0.2) is 38.9 Å². The number of rotatable bonds is 5. The van der Waals surface area contributed by atoms with Crippen LogP contribution in [0, 0.1) is 0 Å². The van der Waals surface area contributed by atoms with E-state index in [4.69, 9.17) is 4.84 Å². The fourth-order valence-electron chi connectivity index (χ4n) is 2.74. The van der Waals surface area contributed by atoms with Crippen molar-refractivity contribution in [3.8, 4) is 0 Å². The number of hydrogen-bond donors (Lipinski definition) is 1. The van der Waals surface area contributed by atoms with E-state index in [0.29, 0.717) is 0 Å². The lowest BCUT2D eigenvalue weighted by Crippen LogP contribution is -2.39. The lowest BCUT2D eigenvalue weighted by atomic mass is 9.86. The summed E-state index contributed by atoms with van der Waals surface area (Å²) in [6.45, 7) is 10.4. The molecule has 5 nitrogen and oxygen atoms in total. The van der Waals surface area contributed by atoms with Crippen LogP contribution in [0.2, 0.25) is 0 Å². The van der Waals surface area contributed by atoms with Gasteiger partial charge in [-0.05, 0) is 16.5 Å². The van der Waals surface area contributed by atoms with Gasteiger partial charge < -0.3 is 0 Å². The minimum atomic E-state index is -3.48. The van der Waals surface area contributed by atoms with E-state index in [1.54, 1.807) is 12.1 Å². The first-order valence-electron chi connectivity index (χ1n) is 7.72. The summed E-state index contributed by atoms with van der Waals surface area (Å²) in [5, 5.41) is 0.983. The number of hydroxylamine groups is 2. The Morgan fingerprint density at radius 3 is 2.48 bits per heavy atom. The molecule has 1 aromatic carbocycles. The molecule has 0 saturated carbocycles. The topological polar surface area (TPSA) is 58.6 Å². The predicted octanol–water partition coefficient (Wildman–Crippen LogP) is 2.38. The first-order chi connectivity index (χ1) is 10.7. The van der Waals surface area contributed by atoms with Gasteiger partial charge >= 0.3 is 0 Å². The second-order valence-corrected chi connectivity index (χ2v) is 8.86. The highest BCUT2D eigenvalue weighted by Crippen LogP contribution is 2.34. The summed E-state index contributed by atoms with van der Waals surface area (Å²) >= 11 is 0. The molecule has 1 fully saturated rings. The summed E-state index contributed by atoms with van der Waals surface area (Å²) in [5.41, 5.74) is 2.21. The van der Waals surface area contributed by atoms with Crippen LogP contribution in [0.3, 0.4) is 0 Å². The van der Waals surface area contributed by atoms with Crippen molar-refractivity contribution in [2.24, 2.45) is 0 Å². The number of nitrogens with zero attached hydrogens (tertiary/aromatic N) is 1. The van der Waals surface area contributed by atoms with Crippen LogP contribution < -0.4 is 4.72 Å². The van der Waals surface area contributed by atoms with E-state index < -0.39 is 15.3 Å². The van der Waals surface area contributed by atoms with E-state index in [0.717, 1.165) is 5.56 Å². The first-order valence-corrected chi connectivity index (χ1v) is 9.27. The van der Waals surface area contributed by atoms with Gasteiger partial charge in [0.25, 0.3) is 0 Å². The molecule has 2 atom stereocenters. The van der Waals surface area contributed by atoms with Crippen molar-refractivity contribution in [1.29, 1.82) is 0 Å². The van der Waals surface area contributed by atoms with Gasteiger partial charge in [-0.15, -0.1) is 6.58 Å². The largest absolute Gasteiger partial charge is 0.297 e. The summed E-state index contributed by atoms with van der Waals surface area (Å²) in [7, 11) is -1.71. The van der Waals surface area contributed by atoms with Gasteiger partial charge in [0.2, 0.25) is 10.0 Å². The van der Waals surface area contributed by atoms with Crippen molar-refractivity contribution in [2.75, 3.05) is 20.2 Å². The molecule has 1 aromatic rings. The molecule has 0 aliphatic carbocycles. The molecule has 0 aromatic heterocycles. The number of sulfonamides is 1. The summed E-state index contributed by atoms with van der Waals surface area (Å²) in [6.07, 6.45) is 1.53. The predicted molar refractivity (Wildman–Crippen MR) is 92.5 cm³/mol. The smallest absolute Gasteiger partial charge is 0.219 e. The zero-order chi connectivity index (χ0) is 17.3. The Bertz CT molecular complexity index is 647. The Hall–Kier alpha value is -1.21. The van der Waals surface area contributed by atoms with Crippen molar-refractivity contribution >= 4 is 10.0 Å². The van der Waals surface area contributed by atoms with Gasteiger partial charge in [-0.25, -0.2) is 13.1 Å². The Morgan fingerprint density at radius 2 is 1.96 bits per heavy atom. The van der Waals surface area contributed by atoms with E-state index in [1.807, 2.05) is 12.1 Å². The third-order valence-corrected chi connectivity index (χ3v) is 5.89. The fourth-order valence-corrected chi connectivity index (χ4v) is 4.22. The molecule has 2 rings (SSSR count). The van der Waals surface area contributed by atoms with Gasteiger partial charge in [-0.3, -0.25) is 4.84 Å². The molecule has 1 heterocycles. The van der Waals surface area contributed by atoms with Crippen molar-refractivity contribution in [2.45, 2.75) is 37.5 Å². The number of benzene rings is 1. The molecule has 1 aliphatic rings. The minimum Gasteiger partial charge on any atom is -0.297 e. The van der Waals surface area contributed by atoms with Gasteiger partial charge in [0.05, 0.1) is 12.6 Å². The Morgan fingerprint density at radius 1 is 1.35 bits per heavy atom. The van der Waals surface area contributed by atoms with E-state index in [2.05, 4.69) is 44.2 Å². The first kappa shape index (κ1) is 18.1. The standard InChI is InChI=1S/C17H26N2O3S/c1-6-11-18-23(20,21)15-12-22-19(5)16(15)13-7-9-14(10-8-13)17(2,3)4/h6-10,15-16,18H,1,11-12H2,2-5H3/t15-,16-/m1/s1. The normalized spacial score (nSPS) is 23.1. The Balaban J connectivity index is 2.30. The van der Waals surface area contributed by atoms with E-state index in [-0.39, 0.29) is 24.6 Å². The summed E-state index contributed by atoms with van der Waals surface area (Å²) < 4.78 is 27.5. The molecular formula is C17H26N2O3S. The molecule has 1 N–H and O–H groups in total. The van der Waals surface area contributed by atoms with Crippen LogP contribution >= 0.6 is 0 Å². The maximum atomic E-state index is 12.5. The molecular weight excluding hydrogens is 312 g/mol. The average Bonchev–Trinajstić information content (AvgIpc) is 2.87. The van der Waals surface area contributed by atoms with Crippen molar-refractivity contribution in [3.63, 3.8) is 0 Å². The minimum absolute atomic E-state index is 0.0631. The molecule has 0 spiro atoms. The monoisotopic (exact) mass is 338 g/mol. The van der Waals surface area contributed by atoms with Crippen molar-refractivity contribution in [3.05, 3.63) is 48.0 Å². The highest BCUT2D eigenvalue weighted by Gasteiger charge is 2.42. The van der Waals surface area contributed by atoms with Gasteiger partial charge in [0, 0.05) is 13.6 Å². The molecule has 1 saturated heterocycles. The fraction of sp³-hybridized carbons (Fsp3) is 0.529. The van der Waals surface area contributed by atoms with Crippen LogP contribution in [0.4, 0.5) is 0 Å². The summed E-state index contributed by atoms with van der Waals surface area (Å²) in [4.78, 5) is 5.48. The van der Waals surface area contributed by atoms with Crippen LogP contribution in [-0.2, 0) is 20.3 Å². The molecule has 0 unspecified atom stereocenters. The second kappa shape index (κ2) is 6.73. The van der Waals surface area contributed by atoms with E-state index in [1.165, 1.54) is 11.6 Å². The Kier molecular flexibility index (Phi) is 5.30. The Labute approximate surface area is 139 Å². The molecule has 0 bridgehead atoms. The maximum Gasteiger partial charge on any atom is 0.219 e. The molecule has 6 heteroatoms. The second-order valence-electron chi connectivity index (χ2n) is 6.88. The number of nitrogens with one attached hydrogen (secondary N) is 1. The quantitative estimate of drug-likeness (QED) is 0.838. The third kappa shape index (κ3) is 4.01. The van der Waals surface area contributed by atoms with Crippen LogP contribution in [0.1, 0.15) is 37.9 Å². The molecule has 0 radical (unpaired) electrons. The molecule has 23 heavy (non-hydrogen) atoms. The molecule has 0 amide bonds. The summed E-state index contributed by atoms with van der Waals surface area (Å²) in [6, 6.07) is 7.77. The van der Waals surface area contributed by atoms with Crippen LogP contribution in [0.5, 0.6) is 0 Å². The van der Waals surface area contributed by atoms with Gasteiger partial charge in [-0.2, -0.15) is 5.06 Å². The average molecular weight is 338 g/mol. The van der Waals surface area contributed by atoms with Gasteiger partial charge in [-0.1, -0.05) is 51.1 Å². The lowest BCUT2D eigenvalue weighted by Gasteiger charge is -2.24. The van der Waals surface area contributed by atoms with E-state index in [9.17, 15) is 8.42 Å². The summed E-state index contributed by atoms with van der Waals surface area (Å²) in [5.74, 6) is 0. The van der Waals surface area contributed by atoms with Crippen molar-refractivity contribution < 1.29 is 13.3 Å². The zero-order valence-corrected chi connectivity index (χ0v) is 15.1. The zero-order valence-electron chi connectivity index (χ0n) is 14.2. The van der Waals surface area contributed by atoms with Crippen LogP contribution in [0.15, 0.2) is 36.9 Å². The highest BCUT2D eigenvalue weighted by atomic mass is 32.2. The van der Waals surface area contributed by atoms with Gasteiger partial charge in [0.1, 0.15) is 5.25 Å². The van der Waals surface area contributed by atoms with E-state index >= 15 is 0 Å². The lowest BCUT2D eigenvalue weighted by molar-refractivity contribution is -0.110. The maximum absolute atomic E-state index is 12.5. The molecule has 1 aliphatic heterocycles. The van der Waals surface area contributed by atoms with Crippen LogP contribution in [0.25, 0.3) is 0 Å². The molecule has 128 valence electrons. The third-order valence-electron chi connectivity index (χ3n) is 4.13.